The summed E-state index contributed by atoms with van der Waals surface area (Å²) in [6.45, 7) is 11.3. The van der Waals surface area contributed by atoms with Crippen molar-refractivity contribution in [3.63, 3.8) is 0 Å². The maximum atomic E-state index is 14.1. The minimum atomic E-state index is -1.10. The van der Waals surface area contributed by atoms with Gasteiger partial charge < -0.3 is 16.6 Å². The molecule has 3 rings (SSSR count). The molecule has 0 saturated heterocycles. The zero-order valence-corrected chi connectivity index (χ0v) is 23.5. The summed E-state index contributed by atoms with van der Waals surface area (Å²) in [6, 6.07) is 7.15. The third-order valence-electron chi connectivity index (χ3n) is 5.58. The molecule has 1 atom stereocenters. The number of halogens is 2. The van der Waals surface area contributed by atoms with Crippen LogP contribution in [0, 0.1) is 24.5 Å². The zero-order chi connectivity index (χ0) is 29.8. The summed E-state index contributed by atoms with van der Waals surface area (Å²) >= 11 is 0. The molecular weight excluding hydrogens is 496 g/mol. The molecule has 0 bridgehead atoms. The molecule has 0 radical (unpaired) electrons. The molecule has 6 nitrogen and oxygen atoms in total. The first-order valence-corrected chi connectivity index (χ1v) is 12.7. The Bertz CT molecular complexity index is 1290. The van der Waals surface area contributed by atoms with Crippen molar-refractivity contribution in [3.8, 4) is 24.1 Å². The molecular formula is C31H39F2N5O. The fraction of sp³-hybridized carbons (Fsp3) is 0.323. The summed E-state index contributed by atoms with van der Waals surface area (Å²) in [4.78, 5) is 13.2. The van der Waals surface area contributed by atoms with E-state index in [4.69, 9.17) is 16.5 Å². The average Bonchev–Trinajstić information content (AvgIpc) is 2.92. The molecule has 2 heterocycles. The number of terminal acetylenes is 1. The Hall–Kier alpha value is -4.09. The number of benzene rings is 1. The van der Waals surface area contributed by atoms with Crippen molar-refractivity contribution < 1.29 is 13.9 Å². The Morgan fingerprint density at radius 3 is 2.21 bits per heavy atom. The summed E-state index contributed by atoms with van der Waals surface area (Å²) in [7, 11) is 0. The van der Waals surface area contributed by atoms with Crippen LogP contribution in [0.1, 0.15) is 77.3 Å². The molecule has 0 aliphatic rings. The standard InChI is InChI=1S/C26H29F2N5O.C3H8.C2H2/c1-5-16(11-20(29)24-18(27)7-6-8-19(24)28)25(30)15(2)21-13-31-14-22(33-21)17-9-10-32-23(12-17)26(3,4)34;1-3-2;1-2/h6-15,34H,5,29-30H2,1-4H3;3H2,1-2H3;1-2H/b20-11-,25-16-;;. The van der Waals surface area contributed by atoms with E-state index >= 15 is 0 Å². The van der Waals surface area contributed by atoms with Crippen LogP contribution >= 0.6 is 0 Å². The monoisotopic (exact) mass is 535 g/mol. The van der Waals surface area contributed by atoms with E-state index in [1.165, 1.54) is 18.6 Å². The lowest BCUT2D eigenvalue weighted by atomic mass is 9.96. The highest BCUT2D eigenvalue weighted by Gasteiger charge is 2.20. The smallest absolute Gasteiger partial charge is 0.135 e. The third-order valence-corrected chi connectivity index (χ3v) is 5.58. The van der Waals surface area contributed by atoms with Gasteiger partial charge in [0.05, 0.1) is 28.8 Å². The molecule has 3 aromatic rings. The Kier molecular flexibility index (Phi) is 13.0. The van der Waals surface area contributed by atoms with Crippen LogP contribution in [0.15, 0.2) is 66.3 Å². The van der Waals surface area contributed by atoms with Gasteiger partial charge in [-0.1, -0.05) is 40.2 Å². The first-order valence-electron chi connectivity index (χ1n) is 12.7. The molecule has 0 amide bonds. The molecule has 0 saturated carbocycles. The van der Waals surface area contributed by atoms with Gasteiger partial charge in [-0.05, 0) is 56.2 Å². The van der Waals surface area contributed by atoms with Crippen molar-refractivity contribution in [2.45, 2.75) is 65.9 Å². The van der Waals surface area contributed by atoms with Crippen molar-refractivity contribution in [1.82, 2.24) is 15.0 Å². The second kappa shape index (κ2) is 15.4. The highest BCUT2D eigenvalue weighted by molar-refractivity contribution is 5.67. The van der Waals surface area contributed by atoms with Gasteiger partial charge in [0.1, 0.15) is 17.2 Å². The quantitative estimate of drug-likeness (QED) is 0.237. The van der Waals surface area contributed by atoms with Crippen molar-refractivity contribution in [2.75, 3.05) is 0 Å². The van der Waals surface area contributed by atoms with Gasteiger partial charge in [0.2, 0.25) is 0 Å². The van der Waals surface area contributed by atoms with E-state index in [0.717, 1.165) is 17.7 Å². The second-order valence-corrected chi connectivity index (χ2v) is 9.28. The largest absolute Gasteiger partial charge is 0.401 e. The number of rotatable bonds is 7. The normalized spacial score (nSPS) is 12.7. The van der Waals surface area contributed by atoms with Crippen LogP contribution in [0.25, 0.3) is 17.0 Å². The number of hydrogen-bond donors (Lipinski definition) is 3. The highest BCUT2D eigenvalue weighted by Crippen LogP contribution is 2.28. The Morgan fingerprint density at radius 2 is 1.67 bits per heavy atom. The number of aliphatic hydroxyl groups is 1. The van der Waals surface area contributed by atoms with Crippen LogP contribution in [0.2, 0.25) is 0 Å². The molecule has 0 aliphatic heterocycles. The van der Waals surface area contributed by atoms with Crippen molar-refractivity contribution >= 4 is 5.70 Å². The van der Waals surface area contributed by atoms with E-state index in [-0.39, 0.29) is 17.2 Å². The Morgan fingerprint density at radius 1 is 1.08 bits per heavy atom. The lowest BCUT2D eigenvalue weighted by Gasteiger charge is -2.18. The summed E-state index contributed by atoms with van der Waals surface area (Å²) in [5.41, 5.74) is 14.7. The molecule has 0 spiro atoms. The predicted octanol–water partition coefficient (Wildman–Crippen LogP) is 6.44. The van der Waals surface area contributed by atoms with Crippen LogP contribution in [-0.4, -0.2) is 20.1 Å². The number of allylic oxidation sites excluding steroid dienone is 3. The topological polar surface area (TPSA) is 111 Å². The number of nitrogens with two attached hydrogens (primary N) is 2. The van der Waals surface area contributed by atoms with Crippen molar-refractivity contribution in [2.24, 2.45) is 11.5 Å². The highest BCUT2D eigenvalue weighted by atomic mass is 19.1. The summed E-state index contributed by atoms with van der Waals surface area (Å²) in [5.74, 6) is -1.82. The fourth-order valence-corrected chi connectivity index (χ4v) is 3.51. The van der Waals surface area contributed by atoms with E-state index in [0.29, 0.717) is 34.8 Å². The van der Waals surface area contributed by atoms with Crippen LogP contribution in [-0.2, 0) is 5.60 Å². The van der Waals surface area contributed by atoms with Gasteiger partial charge >= 0.3 is 0 Å². The number of nitrogens with zero attached hydrogens (tertiary/aromatic N) is 3. The number of aromatic nitrogens is 3. The third kappa shape index (κ3) is 9.01. The number of pyridine rings is 1. The van der Waals surface area contributed by atoms with Gasteiger partial charge in [-0.25, -0.2) is 13.8 Å². The summed E-state index contributed by atoms with van der Waals surface area (Å²) < 4.78 is 28.3. The van der Waals surface area contributed by atoms with E-state index < -0.39 is 17.2 Å². The zero-order valence-electron chi connectivity index (χ0n) is 23.5. The average molecular weight is 536 g/mol. The second-order valence-electron chi connectivity index (χ2n) is 9.28. The van der Waals surface area contributed by atoms with E-state index in [2.05, 4.69) is 36.7 Å². The Labute approximate surface area is 230 Å². The van der Waals surface area contributed by atoms with Crippen molar-refractivity contribution in [3.05, 3.63) is 94.9 Å². The van der Waals surface area contributed by atoms with Gasteiger partial charge in [-0.15, -0.1) is 12.8 Å². The van der Waals surface area contributed by atoms with E-state index in [9.17, 15) is 13.9 Å². The predicted molar refractivity (Wildman–Crippen MR) is 155 cm³/mol. The van der Waals surface area contributed by atoms with Gasteiger partial charge in [-0.3, -0.25) is 9.97 Å². The lowest BCUT2D eigenvalue weighted by Crippen LogP contribution is -2.17. The molecule has 1 aromatic carbocycles. The van der Waals surface area contributed by atoms with Gasteiger partial charge in [0, 0.05) is 35.3 Å². The SMILES string of the molecule is C#C.CCC.CCC(/C=C(\N)c1c(F)cccc1F)=C(/N)C(C)c1cncc(-c2ccnc(C(C)(C)O)c2)n1. The molecule has 208 valence electrons. The summed E-state index contributed by atoms with van der Waals surface area (Å²) in [6.07, 6.45) is 16.1. The summed E-state index contributed by atoms with van der Waals surface area (Å²) in [5, 5.41) is 10.3. The molecule has 0 fully saturated rings. The van der Waals surface area contributed by atoms with Gasteiger partial charge in [0.25, 0.3) is 0 Å². The molecule has 8 heteroatoms. The van der Waals surface area contributed by atoms with Crippen LogP contribution in [0.4, 0.5) is 8.78 Å². The number of hydrogen-bond acceptors (Lipinski definition) is 6. The molecule has 0 aliphatic carbocycles. The van der Waals surface area contributed by atoms with Crippen LogP contribution in [0.5, 0.6) is 0 Å². The minimum Gasteiger partial charge on any atom is -0.401 e. The Balaban J connectivity index is 0.00000142. The van der Waals surface area contributed by atoms with E-state index in [1.54, 1.807) is 44.6 Å². The van der Waals surface area contributed by atoms with Crippen LogP contribution < -0.4 is 11.5 Å². The lowest BCUT2D eigenvalue weighted by molar-refractivity contribution is 0.0739. The first-order chi connectivity index (χ1) is 18.4. The van der Waals surface area contributed by atoms with E-state index in [1.807, 2.05) is 13.8 Å². The molecule has 1 unspecified atom stereocenters. The maximum absolute atomic E-state index is 14.1. The van der Waals surface area contributed by atoms with Crippen molar-refractivity contribution in [1.29, 1.82) is 0 Å². The van der Waals surface area contributed by atoms with Crippen LogP contribution in [0.3, 0.4) is 0 Å². The maximum Gasteiger partial charge on any atom is 0.135 e. The fourth-order valence-electron chi connectivity index (χ4n) is 3.51. The van der Waals surface area contributed by atoms with Gasteiger partial charge in [-0.2, -0.15) is 0 Å². The molecule has 5 N–H and O–H groups in total. The first kappa shape index (κ1) is 32.9. The molecule has 39 heavy (non-hydrogen) atoms. The van der Waals surface area contributed by atoms with Gasteiger partial charge in [0.15, 0.2) is 0 Å². The minimum absolute atomic E-state index is 0.0432. The molecule has 2 aromatic heterocycles.